The standard InChI is InChI=1S/C17H23FN6O7S/c1-5-11(18)14(31-10(2)25)15-19-7-6-8-24(15)32(27,28)23-17(26)22-16-20-12(29-3)9-13(21-16)30-4/h6-9,11,14-15H,5H2,1-4H3,(H2,20,21,22,23,26). The van der Waals surface area contributed by atoms with Crippen LogP contribution < -0.4 is 19.5 Å². The summed E-state index contributed by atoms with van der Waals surface area (Å²) in [6.45, 7) is 2.56. The van der Waals surface area contributed by atoms with Crippen molar-refractivity contribution in [3.63, 3.8) is 0 Å². The Morgan fingerprint density at radius 2 is 1.88 bits per heavy atom. The molecule has 0 bridgehead atoms. The average molecular weight is 474 g/mol. The molecule has 0 saturated carbocycles. The summed E-state index contributed by atoms with van der Waals surface area (Å²) in [5.41, 5.74) is 0. The molecular weight excluding hydrogens is 451 g/mol. The average Bonchev–Trinajstić information content (AvgIpc) is 2.75. The van der Waals surface area contributed by atoms with Gasteiger partial charge in [0.15, 0.2) is 12.3 Å². The lowest BCUT2D eigenvalue weighted by molar-refractivity contribution is -0.152. The number of rotatable bonds is 9. The fraction of sp³-hybridized carbons (Fsp3) is 0.471. The maximum absolute atomic E-state index is 14.5. The number of carbonyl (C=O) groups is 2. The number of amides is 2. The van der Waals surface area contributed by atoms with Crippen molar-refractivity contribution >= 4 is 34.4 Å². The molecule has 2 heterocycles. The number of allylic oxidation sites excluding steroid dienone is 1. The Morgan fingerprint density at radius 1 is 1.25 bits per heavy atom. The van der Waals surface area contributed by atoms with Gasteiger partial charge in [-0.25, -0.2) is 18.2 Å². The topological polar surface area (TPSA) is 161 Å². The highest BCUT2D eigenvalue weighted by Gasteiger charge is 2.40. The number of hydrogen-bond donors (Lipinski definition) is 2. The van der Waals surface area contributed by atoms with Crippen LogP contribution in [0.3, 0.4) is 0 Å². The lowest BCUT2D eigenvalue weighted by Crippen LogP contribution is -2.53. The summed E-state index contributed by atoms with van der Waals surface area (Å²) in [4.78, 5) is 35.4. The van der Waals surface area contributed by atoms with E-state index in [9.17, 15) is 22.4 Å². The van der Waals surface area contributed by atoms with E-state index in [1.165, 1.54) is 39.5 Å². The molecule has 3 atom stereocenters. The molecule has 1 aliphatic rings. The Bertz CT molecular complexity index is 981. The smallest absolute Gasteiger partial charge is 0.336 e. The van der Waals surface area contributed by atoms with Crippen LogP contribution in [0, 0.1) is 0 Å². The number of nitrogens with one attached hydrogen (secondary N) is 2. The Balaban J connectivity index is 2.23. The third kappa shape index (κ3) is 6.26. The highest BCUT2D eigenvalue weighted by molar-refractivity contribution is 7.87. The highest BCUT2D eigenvalue weighted by atomic mass is 32.2. The second-order valence-corrected chi connectivity index (χ2v) is 7.79. The first-order chi connectivity index (χ1) is 15.1. The van der Waals surface area contributed by atoms with E-state index in [2.05, 4.69) is 20.3 Å². The molecule has 2 amide bonds. The number of hydrogen-bond acceptors (Lipinski definition) is 10. The Labute approximate surface area is 183 Å². The molecule has 3 unspecified atom stereocenters. The third-order valence-electron chi connectivity index (χ3n) is 3.98. The molecular formula is C17H23FN6O7S. The molecule has 0 aromatic carbocycles. The molecule has 1 aromatic rings. The molecule has 0 saturated heterocycles. The lowest BCUT2D eigenvalue weighted by Gasteiger charge is -2.34. The van der Waals surface area contributed by atoms with Gasteiger partial charge in [-0.3, -0.25) is 15.1 Å². The van der Waals surface area contributed by atoms with E-state index in [0.717, 1.165) is 13.1 Å². The van der Waals surface area contributed by atoms with Gasteiger partial charge in [0.1, 0.15) is 6.17 Å². The van der Waals surface area contributed by atoms with Crippen molar-refractivity contribution < 1.29 is 36.6 Å². The minimum atomic E-state index is -4.61. The van der Waals surface area contributed by atoms with Gasteiger partial charge in [0.2, 0.25) is 17.7 Å². The highest BCUT2D eigenvalue weighted by Crippen LogP contribution is 2.23. The van der Waals surface area contributed by atoms with Crippen LogP contribution in [0.1, 0.15) is 20.3 Å². The summed E-state index contributed by atoms with van der Waals surface area (Å²) in [5.74, 6) is -1.00. The first-order valence-corrected chi connectivity index (χ1v) is 10.7. The van der Waals surface area contributed by atoms with E-state index in [1.807, 2.05) is 0 Å². The second kappa shape index (κ2) is 10.7. The summed E-state index contributed by atoms with van der Waals surface area (Å²) in [5, 5.41) is 2.14. The predicted octanol–water partition coefficient (Wildman–Crippen LogP) is 0.766. The number of nitrogens with zero attached hydrogens (tertiary/aromatic N) is 4. The molecule has 15 heteroatoms. The van der Waals surface area contributed by atoms with Crippen LogP contribution in [-0.4, -0.2) is 73.6 Å². The van der Waals surface area contributed by atoms with Crippen molar-refractivity contribution in [2.45, 2.75) is 38.7 Å². The van der Waals surface area contributed by atoms with Crippen LogP contribution in [0.25, 0.3) is 0 Å². The molecule has 2 N–H and O–H groups in total. The molecule has 2 rings (SSSR count). The first kappa shape index (κ1) is 24.8. The van der Waals surface area contributed by atoms with Gasteiger partial charge >= 0.3 is 22.2 Å². The molecule has 0 fully saturated rings. The molecule has 0 aliphatic carbocycles. The van der Waals surface area contributed by atoms with Gasteiger partial charge in [-0.1, -0.05) is 6.92 Å². The zero-order valence-corrected chi connectivity index (χ0v) is 18.5. The normalized spacial score (nSPS) is 17.3. The number of methoxy groups -OCH3 is 2. The molecule has 1 aromatic heterocycles. The van der Waals surface area contributed by atoms with Crippen LogP contribution in [0.15, 0.2) is 23.3 Å². The Hall–Kier alpha value is -3.49. The van der Waals surface area contributed by atoms with Gasteiger partial charge in [0.25, 0.3) is 0 Å². The second-order valence-electron chi connectivity index (χ2n) is 6.22. The largest absolute Gasteiger partial charge is 0.481 e. The molecule has 176 valence electrons. The van der Waals surface area contributed by atoms with E-state index in [1.54, 1.807) is 4.72 Å². The number of alkyl halides is 1. The molecule has 32 heavy (non-hydrogen) atoms. The summed E-state index contributed by atoms with van der Waals surface area (Å²) in [6.07, 6.45) is -1.25. The van der Waals surface area contributed by atoms with Crippen molar-refractivity contribution in [1.29, 1.82) is 0 Å². The summed E-state index contributed by atoms with van der Waals surface area (Å²) >= 11 is 0. The zero-order chi connectivity index (χ0) is 23.9. The minimum Gasteiger partial charge on any atom is -0.481 e. The van der Waals surface area contributed by atoms with Crippen molar-refractivity contribution in [2.75, 3.05) is 19.5 Å². The number of halogens is 1. The SMILES string of the molecule is CCC(F)C(OC(C)=O)C1N=CC=CN1S(=O)(=O)NC(=O)Nc1nc(OC)cc(OC)n1. The Kier molecular flexibility index (Phi) is 8.28. The monoisotopic (exact) mass is 474 g/mol. The van der Waals surface area contributed by atoms with Gasteiger partial charge in [0, 0.05) is 19.3 Å². The summed E-state index contributed by atoms with van der Waals surface area (Å²) in [7, 11) is -1.96. The van der Waals surface area contributed by atoms with E-state index < -0.39 is 40.7 Å². The van der Waals surface area contributed by atoms with E-state index in [-0.39, 0.29) is 24.1 Å². The number of ether oxygens (including phenoxy) is 3. The van der Waals surface area contributed by atoms with Crippen molar-refractivity contribution in [2.24, 2.45) is 4.99 Å². The first-order valence-electron chi connectivity index (χ1n) is 9.21. The minimum absolute atomic E-state index is 0.0566. The van der Waals surface area contributed by atoms with E-state index in [0.29, 0.717) is 4.31 Å². The zero-order valence-electron chi connectivity index (χ0n) is 17.7. The summed E-state index contributed by atoms with van der Waals surface area (Å²) < 4.78 is 57.3. The van der Waals surface area contributed by atoms with E-state index in [4.69, 9.17) is 14.2 Å². The number of carbonyl (C=O) groups excluding carboxylic acids is 2. The molecule has 1 aliphatic heterocycles. The van der Waals surface area contributed by atoms with Gasteiger partial charge in [0.05, 0.1) is 20.3 Å². The number of anilines is 1. The lowest BCUT2D eigenvalue weighted by atomic mass is 10.1. The number of aliphatic imine (C=N–C) groups is 1. The maximum atomic E-state index is 14.5. The van der Waals surface area contributed by atoms with Crippen LogP contribution in [-0.2, 0) is 19.7 Å². The summed E-state index contributed by atoms with van der Waals surface area (Å²) in [6, 6.07) is 0.121. The van der Waals surface area contributed by atoms with Gasteiger partial charge < -0.3 is 14.2 Å². The number of esters is 1. The van der Waals surface area contributed by atoms with E-state index >= 15 is 0 Å². The number of urea groups is 1. The van der Waals surface area contributed by atoms with Gasteiger partial charge in [-0.05, 0) is 12.5 Å². The van der Waals surface area contributed by atoms with Crippen molar-refractivity contribution in [3.8, 4) is 11.8 Å². The quantitative estimate of drug-likeness (QED) is 0.492. The molecule has 0 spiro atoms. The molecule has 13 nitrogen and oxygen atoms in total. The van der Waals surface area contributed by atoms with Gasteiger partial charge in [-0.2, -0.15) is 18.4 Å². The fourth-order valence-corrected chi connectivity index (χ4v) is 3.66. The van der Waals surface area contributed by atoms with Crippen LogP contribution in [0.4, 0.5) is 15.1 Å². The maximum Gasteiger partial charge on any atom is 0.336 e. The molecule has 0 radical (unpaired) electrons. The van der Waals surface area contributed by atoms with Crippen LogP contribution in [0.2, 0.25) is 0 Å². The predicted molar refractivity (Wildman–Crippen MR) is 110 cm³/mol. The Morgan fingerprint density at radius 3 is 2.41 bits per heavy atom. The fourth-order valence-electron chi connectivity index (χ4n) is 2.58. The van der Waals surface area contributed by atoms with Crippen LogP contribution in [0.5, 0.6) is 11.8 Å². The third-order valence-corrected chi connectivity index (χ3v) is 5.32. The van der Waals surface area contributed by atoms with Crippen molar-refractivity contribution in [3.05, 3.63) is 18.3 Å². The van der Waals surface area contributed by atoms with Crippen LogP contribution >= 0.6 is 0 Å². The van der Waals surface area contributed by atoms with Crippen molar-refractivity contribution in [1.82, 2.24) is 19.0 Å². The number of aromatic nitrogens is 2. The van der Waals surface area contributed by atoms with Gasteiger partial charge in [-0.15, -0.1) is 0 Å².